The molecule has 4 rings (SSSR count). The molecule has 8 nitrogen and oxygen atoms in total. The van der Waals surface area contributed by atoms with Gasteiger partial charge in [-0.05, 0) is 24.1 Å². The summed E-state index contributed by atoms with van der Waals surface area (Å²) in [7, 11) is -1.28. The Morgan fingerprint density at radius 3 is 2.70 bits per heavy atom. The lowest BCUT2D eigenvalue weighted by Gasteiger charge is -2.28. The van der Waals surface area contributed by atoms with Gasteiger partial charge < -0.3 is 13.9 Å². The molecular formula is C20H22N4O4S2. The van der Waals surface area contributed by atoms with Crippen molar-refractivity contribution in [1.29, 1.82) is 0 Å². The van der Waals surface area contributed by atoms with Gasteiger partial charge in [0.1, 0.15) is 0 Å². The zero-order chi connectivity index (χ0) is 21.1. The minimum atomic E-state index is -3.10. The first-order valence-electron chi connectivity index (χ1n) is 9.53. The van der Waals surface area contributed by atoms with Crippen molar-refractivity contribution < 1.29 is 17.6 Å². The molecule has 1 aliphatic heterocycles. The topological polar surface area (TPSA) is 98.3 Å². The van der Waals surface area contributed by atoms with Gasteiger partial charge in [-0.25, -0.2) is 8.42 Å². The smallest absolute Gasteiger partial charge is 0.233 e. The van der Waals surface area contributed by atoms with E-state index in [2.05, 4.69) is 10.2 Å². The van der Waals surface area contributed by atoms with Crippen molar-refractivity contribution in [2.24, 2.45) is 7.05 Å². The fourth-order valence-corrected chi connectivity index (χ4v) is 6.02. The van der Waals surface area contributed by atoms with Crippen molar-refractivity contribution in [1.82, 2.24) is 19.7 Å². The molecule has 0 N–H and O–H groups in total. The van der Waals surface area contributed by atoms with Gasteiger partial charge in [0.05, 0.1) is 23.5 Å². The summed E-state index contributed by atoms with van der Waals surface area (Å²) in [5.41, 5.74) is 0.971. The van der Waals surface area contributed by atoms with Crippen LogP contribution in [0.1, 0.15) is 12.0 Å². The molecule has 3 aromatic rings. The summed E-state index contributed by atoms with van der Waals surface area (Å²) in [4.78, 5) is 14.8. The summed E-state index contributed by atoms with van der Waals surface area (Å²) >= 11 is 1.28. The van der Waals surface area contributed by atoms with Gasteiger partial charge in [-0.3, -0.25) is 4.79 Å². The Hall–Kier alpha value is -2.59. The van der Waals surface area contributed by atoms with E-state index in [1.807, 2.05) is 37.4 Å². The minimum Gasteiger partial charge on any atom is -0.461 e. The van der Waals surface area contributed by atoms with Crippen LogP contribution in [-0.4, -0.2) is 57.3 Å². The van der Waals surface area contributed by atoms with Crippen LogP contribution in [0, 0.1) is 0 Å². The summed E-state index contributed by atoms with van der Waals surface area (Å²) in [5.74, 6) is 1.35. The third-order valence-corrected chi connectivity index (χ3v) is 7.82. The molecule has 1 aromatic carbocycles. The zero-order valence-corrected chi connectivity index (χ0v) is 18.1. The van der Waals surface area contributed by atoms with E-state index in [9.17, 15) is 13.2 Å². The molecule has 1 saturated heterocycles. The van der Waals surface area contributed by atoms with Gasteiger partial charge in [0.25, 0.3) is 0 Å². The number of carbonyl (C=O) groups excluding carboxylic acids is 1. The predicted molar refractivity (Wildman–Crippen MR) is 113 cm³/mol. The Morgan fingerprint density at radius 1 is 1.23 bits per heavy atom. The molecule has 0 aliphatic carbocycles. The number of benzene rings is 1. The summed E-state index contributed by atoms with van der Waals surface area (Å²) in [6, 6.07) is 12.9. The van der Waals surface area contributed by atoms with Gasteiger partial charge >= 0.3 is 0 Å². The maximum absolute atomic E-state index is 13.1. The number of carbonyl (C=O) groups is 1. The number of thioether (sulfide) groups is 1. The molecule has 1 atom stereocenters. The van der Waals surface area contributed by atoms with Gasteiger partial charge in [-0.1, -0.05) is 42.1 Å². The van der Waals surface area contributed by atoms with E-state index >= 15 is 0 Å². The highest BCUT2D eigenvalue weighted by molar-refractivity contribution is 7.99. The van der Waals surface area contributed by atoms with E-state index < -0.39 is 9.84 Å². The highest BCUT2D eigenvalue weighted by Crippen LogP contribution is 2.25. The largest absolute Gasteiger partial charge is 0.461 e. The number of furan rings is 1. The summed E-state index contributed by atoms with van der Waals surface area (Å²) in [5, 5.41) is 8.89. The molecule has 1 amide bonds. The molecule has 0 radical (unpaired) electrons. The van der Waals surface area contributed by atoms with Crippen LogP contribution in [0.2, 0.25) is 0 Å². The van der Waals surface area contributed by atoms with Crippen molar-refractivity contribution in [3.63, 3.8) is 0 Å². The predicted octanol–water partition coefficient (Wildman–Crippen LogP) is 2.38. The lowest BCUT2D eigenvalue weighted by atomic mass is 10.1. The number of sulfone groups is 1. The maximum Gasteiger partial charge on any atom is 0.233 e. The van der Waals surface area contributed by atoms with Gasteiger partial charge in [-0.2, -0.15) is 0 Å². The summed E-state index contributed by atoms with van der Waals surface area (Å²) < 4.78 is 31.1. The Morgan fingerprint density at radius 2 is 2.03 bits per heavy atom. The SMILES string of the molecule is Cn1c(SCC(=O)N(Cc2ccccc2)C2CCS(=O)(=O)C2)nnc1-c1ccco1. The lowest BCUT2D eigenvalue weighted by molar-refractivity contribution is -0.130. The van der Waals surface area contributed by atoms with Crippen LogP contribution >= 0.6 is 11.8 Å². The summed E-state index contributed by atoms with van der Waals surface area (Å²) in [6.45, 7) is 0.386. The van der Waals surface area contributed by atoms with E-state index in [1.165, 1.54) is 11.8 Å². The van der Waals surface area contributed by atoms with Crippen molar-refractivity contribution in [3.8, 4) is 11.6 Å². The van der Waals surface area contributed by atoms with Gasteiger partial charge in [-0.15, -0.1) is 10.2 Å². The quantitative estimate of drug-likeness (QED) is 0.514. The molecular weight excluding hydrogens is 424 g/mol. The second kappa shape index (κ2) is 8.65. The van der Waals surface area contributed by atoms with Crippen molar-refractivity contribution in [2.45, 2.75) is 24.2 Å². The average molecular weight is 447 g/mol. The Bertz CT molecular complexity index is 1110. The first-order valence-corrected chi connectivity index (χ1v) is 12.3. The molecule has 1 unspecified atom stereocenters. The van der Waals surface area contributed by atoms with E-state index in [1.54, 1.807) is 27.9 Å². The monoisotopic (exact) mass is 446 g/mol. The Balaban J connectivity index is 1.48. The molecule has 1 fully saturated rings. The highest BCUT2D eigenvalue weighted by Gasteiger charge is 2.34. The third-order valence-electron chi connectivity index (χ3n) is 5.07. The molecule has 0 saturated carbocycles. The number of hydrogen-bond acceptors (Lipinski definition) is 7. The molecule has 2 aromatic heterocycles. The maximum atomic E-state index is 13.1. The van der Waals surface area contributed by atoms with Crippen molar-refractivity contribution in [2.75, 3.05) is 17.3 Å². The lowest BCUT2D eigenvalue weighted by Crippen LogP contribution is -2.41. The normalized spacial score (nSPS) is 17.8. The van der Waals surface area contributed by atoms with Crippen LogP contribution in [-0.2, 0) is 28.2 Å². The van der Waals surface area contributed by atoms with Gasteiger partial charge in [0, 0.05) is 19.6 Å². The number of hydrogen-bond donors (Lipinski definition) is 0. The van der Waals surface area contributed by atoms with Crippen LogP contribution in [0.3, 0.4) is 0 Å². The Labute approximate surface area is 179 Å². The van der Waals surface area contributed by atoms with Crippen molar-refractivity contribution in [3.05, 3.63) is 54.3 Å². The highest BCUT2D eigenvalue weighted by atomic mass is 32.2. The van der Waals surface area contributed by atoms with Gasteiger partial charge in [0.2, 0.25) is 5.91 Å². The number of nitrogens with zero attached hydrogens (tertiary/aromatic N) is 4. The number of aromatic nitrogens is 3. The zero-order valence-electron chi connectivity index (χ0n) is 16.5. The third kappa shape index (κ3) is 4.59. The van der Waals surface area contributed by atoms with Crippen LogP contribution in [0.25, 0.3) is 11.6 Å². The first-order chi connectivity index (χ1) is 14.4. The molecule has 10 heteroatoms. The van der Waals surface area contributed by atoms with E-state index in [-0.39, 0.29) is 29.2 Å². The standard InChI is InChI=1S/C20H22N4O4S2/c1-23-19(17-8-5-10-28-17)21-22-20(23)29-13-18(25)24(12-15-6-3-2-4-7-15)16-9-11-30(26,27)14-16/h2-8,10,16H,9,11-14H2,1H3. The minimum absolute atomic E-state index is 0.0167. The van der Waals surface area contributed by atoms with Crippen LogP contribution in [0.15, 0.2) is 58.3 Å². The van der Waals surface area contributed by atoms with Crippen LogP contribution in [0.5, 0.6) is 0 Å². The molecule has 1 aliphatic rings. The first kappa shape index (κ1) is 20.7. The van der Waals surface area contributed by atoms with Gasteiger partial charge in [0.15, 0.2) is 26.6 Å². The van der Waals surface area contributed by atoms with E-state index in [4.69, 9.17) is 4.42 Å². The molecule has 0 spiro atoms. The summed E-state index contributed by atoms with van der Waals surface area (Å²) in [6.07, 6.45) is 2.04. The fraction of sp³-hybridized carbons (Fsp3) is 0.350. The molecule has 158 valence electrons. The molecule has 0 bridgehead atoms. The molecule has 3 heterocycles. The van der Waals surface area contributed by atoms with Crippen molar-refractivity contribution >= 4 is 27.5 Å². The molecule has 30 heavy (non-hydrogen) atoms. The van der Waals surface area contributed by atoms with E-state index in [0.717, 1.165) is 5.56 Å². The second-order valence-electron chi connectivity index (χ2n) is 7.20. The number of amides is 1. The second-order valence-corrected chi connectivity index (χ2v) is 10.4. The fourth-order valence-electron chi connectivity index (χ4n) is 3.49. The van der Waals surface area contributed by atoms with Crippen LogP contribution in [0.4, 0.5) is 0 Å². The van der Waals surface area contributed by atoms with E-state index in [0.29, 0.717) is 29.7 Å². The Kier molecular flexibility index (Phi) is 5.96. The number of rotatable bonds is 7. The van der Waals surface area contributed by atoms with Crippen LogP contribution < -0.4 is 0 Å². The average Bonchev–Trinajstić information content (AvgIpc) is 3.45.